The van der Waals surface area contributed by atoms with E-state index in [1.54, 1.807) is 0 Å². The Bertz CT molecular complexity index is 666. The highest BCUT2D eigenvalue weighted by molar-refractivity contribution is 6.28. The molecule has 0 aliphatic heterocycles. The molecule has 0 aliphatic rings. The average molecular weight is 415 g/mol. The smallest absolute Gasteiger partial charge is 0.326 e. The molecule has 8 nitrogen and oxygen atoms in total. The van der Waals surface area contributed by atoms with Gasteiger partial charge in [0.1, 0.15) is 18.0 Å². The lowest BCUT2D eigenvalue weighted by Gasteiger charge is -2.26. The molecule has 2 atom stereocenters. The van der Waals surface area contributed by atoms with Gasteiger partial charge in [-0.05, 0) is 24.3 Å². The standard InChI is InChI=1S/C10H16ClNO4.C9H11NO2/c1-6(2)4-8(10(15)16)12(7(3)13)9(14)5-11;10-8(9(11)12)6-7-4-2-1-3-5-7/h6,8H,4-5H2,1-3H3,(H,15,16);1-5,8H,6,10H2,(H,11,12)/t2*8-/m00/s1. The second kappa shape index (κ2) is 12.9. The van der Waals surface area contributed by atoms with Crippen LogP contribution in [0.1, 0.15) is 32.8 Å². The molecule has 0 radical (unpaired) electrons. The van der Waals surface area contributed by atoms with Gasteiger partial charge in [0.25, 0.3) is 0 Å². The summed E-state index contributed by atoms with van der Waals surface area (Å²) < 4.78 is 0. The van der Waals surface area contributed by atoms with Crippen LogP contribution in [0.2, 0.25) is 0 Å². The molecule has 0 unspecified atom stereocenters. The van der Waals surface area contributed by atoms with E-state index in [0.717, 1.165) is 17.4 Å². The molecule has 0 fully saturated rings. The van der Waals surface area contributed by atoms with E-state index in [4.69, 9.17) is 27.5 Å². The first-order chi connectivity index (χ1) is 13.0. The third-order valence-corrected chi connectivity index (χ3v) is 3.86. The van der Waals surface area contributed by atoms with Gasteiger partial charge < -0.3 is 15.9 Å². The monoisotopic (exact) mass is 414 g/mol. The van der Waals surface area contributed by atoms with Crippen molar-refractivity contribution in [3.8, 4) is 0 Å². The Morgan fingerprint density at radius 3 is 1.96 bits per heavy atom. The lowest BCUT2D eigenvalue weighted by Crippen LogP contribution is -2.48. The summed E-state index contributed by atoms with van der Waals surface area (Å²) in [5.41, 5.74) is 6.30. The van der Waals surface area contributed by atoms with Crippen LogP contribution in [0.3, 0.4) is 0 Å². The van der Waals surface area contributed by atoms with Gasteiger partial charge in [-0.15, -0.1) is 11.6 Å². The Morgan fingerprint density at radius 1 is 1.07 bits per heavy atom. The van der Waals surface area contributed by atoms with Crippen LogP contribution >= 0.6 is 11.6 Å². The Balaban J connectivity index is 0.000000540. The van der Waals surface area contributed by atoms with E-state index in [2.05, 4.69) is 0 Å². The zero-order chi connectivity index (χ0) is 21.9. The summed E-state index contributed by atoms with van der Waals surface area (Å²) in [4.78, 5) is 44.8. The van der Waals surface area contributed by atoms with Gasteiger partial charge in [0.15, 0.2) is 0 Å². The number of aliphatic carboxylic acids is 2. The fraction of sp³-hybridized carbons (Fsp3) is 0.474. The molecule has 28 heavy (non-hydrogen) atoms. The molecule has 0 bridgehead atoms. The molecule has 1 aromatic rings. The maximum atomic E-state index is 11.4. The maximum Gasteiger partial charge on any atom is 0.326 e. The first-order valence-electron chi connectivity index (χ1n) is 8.64. The minimum Gasteiger partial charge on any atom is -0.480 e. The normalized spacial score (nSPS) is 12.4. The van der Waals surface area contributed by atoms with Crippen LogP contribution in [-0.4, -0.2) is 56.8 Å². The summed E-state index contributed by atoms with van der Waals surface area (Å²) in [6, 6.07) is 7.41. The lowest BCUT2D eigenvalue weighted by molar-refractivity contribution is -0.157. The quantitative estimate of drug-likeness (QED) is 0.550. The first kappa shape index (κ1) is 25.6. The molecule has 4 N–H and O–H groups in total. The Labute approximate surface area is 169 Å². The van der Waals surface area contributed by atoms with Gasteiger partial charge in [0.05, 0.1) is 0 Å². The second-order valence-corrected chi connectivity index (χ2v) is 6.80. The molecule has 2 amide bonds. The zero-order valence-electron chi connectivity index (χ0n) is 16.2. The number of halogens is 1. The van der Waals surface area contributed by atoms with E-state index >= 15 is 0 Å². The summed E-state index contributed by atoms with van der Waals surface area (Å²) in [5.74, 6) is -3.77. The molecule has 9 heteroatoms. The number of alkyl halides is 1. The summed E-state index contributed by atoms with van der Waals surface area (Å²) >= 11 is 5.34. The van der Waals surface area contributed by atoms with Crippen molar-refractivity contribution in [2.24, 2.45) is 11.7 Å². The van der Waals surface area contributed by atoms with Gasteiger partial charge in [-0.2, -0.15) is 0 Å². The van der Waals surface area contributed by atoms with Crippen LogP contribution < -0.4 is 5.73 Å². The van der Waals surface area contributed by atoms with Crippen LogP contribution in [-0.2, 0) is 25.6 Å². The van der Waals surface area contributed by atoms with Crippen molar-refractivity contribution in [2.75, 3.05) is 5.88 Å². The Kier molecular flexibility index (Phi) is 11.7. The number of hydrogen-bond donors (Lipinski definition) is 3. The van der Waals surface area contributed by atoms with Crippen molar-refractivity contribution < 1.29 is 29.4 Å². The molecule has 0 heterocycles. The number of carbonyl (C=O) groups is 4. The summed E-state index contributed by atoms with van der Waals surface area (Å²) in [6.45, 7) is 4.79. The van der Waals surface area contributed by atoms with Gasteiger partial charge in [0.2, 0.25) is 11.8 Å². The summed E-state index contributed by atoms with van der Waals surface area (Å²) in [5, 5.41) is 17.5. The number of carbonyl (C=O) groups excluding carboxylic acids is 2. The largest absolute Gasteiger partial charge is 0.480 e. The summed E-state index contributed by atoms with van der Waals surface area (Å²) in [6.07, 6.45) is 0.605. The van der Waals surface area contributed by atoms with Crippen molar-refractivity contribution in [1.82, 2.24) is 4.90 Å². The first-order valence-corrected chi connectivity index (χ1v) is 9.18. The lowest BCUT2D eigenvalue weighted by atomic mass is 10.0. The van der Waals surface area contributed by atoms with Gasteiger partial charge in [-0.1, -0.05) is 44.2 Å². The highest BCUT2D eigenvalue weighted by Crippen LogP contribution is 2.13. The maximum absolute atomic E-state index is 11.4. The zero-order valence-corrected chi connectivity index (χ0v) is 16.9. The molecular formula is C19H27ClN2O6. The number of nitrogens with two attached hydrogens (primary N) is 1. The Hall–Kier alpha value is -2.45. The molecule has 0 saturated carbocycles. The van der Waals surface area contributed by atoms with Crippen LogP contribution in [0.15, 0.2) is 30.3 Å². The van der Waals surface area contributed by atoms with E-state index in [1.165, 1.54) is 0 Å². The van der Waals surface area contributed by atoms with Gasteiger partial charge in [-0.3, -0.25) is 19.3 Å². The molecule has 0 aliphatic carbocycles. The van der Waals surface area contributed by atoms with E-state index in [-0.39, 0.29) is 12.3 Å². The van der Waals surface area contributed by atoms with E-state index in [9.17, 15) is 19.2 Å². The number of rotatable bonds is 8. The summed E-state index contributed by atoms with van der Waals surface area (Å²) in [7, 11) is 0. The number of carboxylic acids is 2. The molecule has 156 valence electrons. The van der Waals surface area contributed by atoms with Crippen LogP contribution in [0.4, 0.5) is 0 Å². The number of carboxylic acid groups (broad SMARTS) is 2. The van der Waals surface area contributed by atoms with Crippen LogP contribution in [0.25, 0.3) is 0 Å². The van der Waals surface area contributed by atoms with Gasteiger partial charge in [-0.25, -0.2) is 4.79 Å². The van der Waals surface area contributed by atoms with Crippen molar-refractivity contribution in [1.29, 1.82) is 0 Å². The number of imide groups is 1. The molecule has 0 aromatic heterocycles. The fourth-order valence-electron chi connectivity index (χ4n) is 2.35. The van der Waals surface area contributed by atoms with E-state index < -0.39 is 41.7 Å². The van der Waals surface area contributed by atoms with E-state index in [0.29, 0.717) is 6.42 Å². The van der Waals surface area contributed by atoms with Crippen LogP contribution in [0.5, 0.6) is 0 Å². The van der Waals surface area contributed by atoms with Crippen molar-refractivity contribution in [2.45, 2.75) is 45.7 Å². The van der Waals surface area contributed by atoms with Gasteiger partial charge in [0, 0.05) is 6.92 Å². The third kappa shape index (κ3) is 9.48. The number of benzene rings is 1. The van der Waals surface area contributed by atoms with Crippen molar-refractivity contribution in [3.05, 3.63) is 35.9 Å². The SMILES string of the molecule is CC(=O)N(C(=O)CCl)[C@@H](CC(C)C)C(=O)O.N[C@@H](Cc1ccccc1)C(=O)O. The number of nitrogens with zero attached hydrogens (tertiary/aromatic N) is 1. The topological polar surface area (TPSA) is 138 Å². The third-order valence-electron chi connectivity index (χ3n) is 3.63. The number of hydrogen-bond acceptors (Lipinski definition) is 5. The Morgan fingerprint density at radius 2 is 1.61 bits per heavy atom. The molecule has 1 aromatic carbocycles. The minimum absolute atomic E-state index is 0.0612. The second-order valence-electron chi connectivity index (χ2n) is 6.53. The molecule has 0 spiro atoms. The molecular weight excluding hydrogens is 388 g/mol. The predicted molar refractivity (Wildman–Crippen MR) is 105 cm³/mol. The van der Waals surface area contributed by atoms with Gasteiger partial charge >= 0.3 is 11.9 Å². The minimum atomic E-state index is -1.19. The predicted octanol–water partition coefficient (Wildman–Crippen LogP) is 1.74. The molecule has 0 saturated heterocycles. The highest BCUT2D eigenvalue weighted by Gasteiger charge is 2.32. The highest BCUT2D eigenvalue weighted by atomic mass is 35.5. The van der Waals surface area contributed by atoms with Crippen molar-refractivity contribution in [3.63, 3.8) is 0 Å². The molecule has 1 rings (SSSR count). The van der Waals surface area contributed by atoms with E-state index in [1.807, 2.05) is 44.2 Å². The number of amides is 2. The van der Waals surface area contributed by atoms with Crippen LogP contribution in [0, 0.1) is 5.92 Å². The average Bonchev–Trinajstić information content (AvgIpc) is 2.61. The van der Waals surface area contributed by atoms with Crippen molar-refractivity contribution >= 4 is 35.4 Å². The fourth-order valence-corrected chi connectivity index (χ4v) is 2.48.